The van der Waals surface area contributed by atoms with Crippen LogP contribution in [0.4, 0.5) is 11.4 Å². The van der Waals surface area contributed by atoms with Gasteiger partial charge in [-0.1, -0.05) is 61.5 Å². The summed E-state index contributed by atoms with van der Waals surface area (Å²) in [6, 6.07) is 29.1. The number of anilines is 2. The molecule has 0 spiro atoms. The Bertz CT molecular complexity index is 1580. The fraction of sp³-hybridized carbons (Fsp3) is 0.147. The quantitative estimate of drug-likeness (QED) is 0.136. The summed E-state index contributed by atoms with van der Waals surface area (Å²) >= 11 is 1.37. The van der Waals surface area contributed by atoms with Crippen molar-refractivity contribution in [3.05, 3.63) is 125 Å². The summed E-state index contributed by atoms with van der Waals surface area (Å²) in [7, 11) is 1.58. The van der Waals surface area contributed by atoms with Crippen molar-refractivity contribution in [1.29, 1.82) is 0 Å². The van der Waals surface area contributed by atoms with Crippen molar-refractivity contribution >= 4 is 46.9 Å². The molecule has 7 nitrogen and oxygen atoms in total. The summed E-state index contributed by atoms with van der Waals surface area (Å²) in [5.74, 6) is -0.0988. The van der Waals surface area contributed by atoms with Crippen LogP contribution in [-0.2, 0) is 16.0 Å². The number of thioether (sulfide) groups is 1. The van der Waals surface area contributed by atoms with Gasteiger partial charge >= 0.3 is 0 Å². The van der Waals surface area contributed by atoms with Gasteiger partial charge in [0.05, 0.1) is 12.9 Å². The molecule has 0 aromatic heterocycles. The first-order chi connectivity index (χ1) is 20.4. The van der Waals surface area contributed by atoms with Crippen LogP contribution in [0.15, 0.2) is 108 Å². The monoisotopic (exact) mass is 579 g/mol. The average molecular weight is 580 g/mol. The maximum Gasteiger partial charge on any atom is 0.272 e. The highest BCUT2D eigenvalue weighted by atomic mass is 32.2. The van der Waals surface area contributed by atoms with Crippen LogP contribution in [-0.4, -0.2) is 30.6 Å². The van der Waals surface area contributed by atoms with Gasteiger partial charge in [0, 0.05) is 21.8 Å². The first kappa shape index (κ1) is 30.1. The maximum atomic E-state index is 13.4. The molecule has 0 bridgehead atoms. The number of carbonyl (C=O) groups excluding carboxylic acids is 3. The van der Waals surface area contributed by atoms with Crippen molar-refractivity contribution in [1.82, 2.24) is 5.32 Å². The predicted octanol–water partition coefficient (Wildman–Crippen LogP) is 6.71. The van der Waals surface area contributed by atoms with Gasteiger partial charge < -0.3 is 20.7 Å². The fourth-order valence-corrected chi connectivity index (χ4v) is 4.95. The van der Waals surface area contributed by atoms with Crippen molar-refractivity contribution in [2.24, 2.45) is 0 Å². The Hall–Kier alpha value is -4.82. The van der Waals surface area contributed by atoms with Crippen LogP contribution in [0.5, 0.6) is 5.75 Å². The van der Waals surface area contributed by atoms with Crippen molar-refractivity contribution in [2.45, 2.75) is 25.2 Å². The lowest BCUT2D eigenvalue weighted by Crippen LogP contribution is -2.30. The standard InChI is InChI=1S/C34H33N3O4S/c1-4-25-13-8-10-23(2)32(25)37-31(38)22-42-29-15-9-14-27(21-29)35-34(40)30(20-24-16-18-28(41-3)19-17-24)36-33(39)26-11-6-5-7-12-26/h5-21H,4,22H2,1-3H3,(H,35,40)(H,36,39)(H,37,38)/b30-20+. The van der Waals surface area contributed by atoms with Gasteiger partial charge in [0.1, 0.15) is 11.4 Å². The summed E-state index contributed by atoms with van der Waals surface area (Å²) in [6.07, 6.45) is 2.43. The number of methoxy groups -OCH3 is 1. The van der Waals surface area contributed by atoms with Gasteiger partial charge in [0.25, 0.3) is 11.8 Å². The lowest BCUT2D eigenvalue weighted by Gasteiger charge is -2.13. The molecule has 0 aliphatic carbocycles. The smallest absolute Gasteiger partial charge is 0.272 e. The maximum absolute atomic E-state index is 13.4. The number of amides is 3. The molecule has 0 unspecified atom stereocenters. The van der Waals surface area contributed by atoms with Gasteiger partial charge in [0.2, 0.25) is 5.91 Å². The number of ether oxygens (including phenoxy) is 1. The highest BCUT2D eigenvalue weighted by molar-refractivity contribution is 8.00. The van der Waals surface area contributed by atoms with E-state index in [9.17, 15) is 14.4 Å². The zero-order valence-electron chi connectivity index (χ0n) is 23.8. The molecule has 4 aromatic rings. The topological polar surface area (TPSA) is 96.5 Å². The third-order valence-corrected chi connectivity index (χ3v) is 7.42. The van der Waals surface area contributed by atoms with Gasteiger partial charge in [-0.25, -0.2) is 0 Å². The molecular formula is C34H33N3O4S. The first-order valence-corrected chi connectivity index (χ1v) is 14.5. The lowest BCUT2D eigenvalue weighted by molar-refractivity contribution is -0.114. The molecule has 0 atom stereocenters. The number of hydrogen-bond acceptors (Lipinski definition) is 5. The van der Waals surface area contributed by atoms with Crippen molar-refractivity contribution in [3.8, 4) is 5.75 Å². The minimum Gasteiger partial charge on any atom is -0.497 e. The van der Waals surface area contributed by atoms with Crippen molar-refractivity contribution in [3.63, 3.8) is 0 Å². The van der Waals surface area contributed by atoms with E-state index in [0.29, 0.717) is 22.6 Å². The molecule has 0 radical (unpaired) electrons. The summed E-state index contributed by atoms with van der Waals surface area (Å²) in [5, 5.41) is 8.65. The van der Waals surface area contributed by atoms with E-state index < -0.39 is 11.8 Å². The van der Waals surface area contributed by atoms with E-state index in [4.69, 9.17) is 4.74 Å². The molecule has 42 heavy (non-hydrogen) atoms. The number of nitrogens with one attached hydrogen (secondary N) is 3. The summed E-state index contributed by atoms with van der Waals surface area (Å²) in [5.41, 5.74) is 4.74. The number of aryl methyl sites for hydroxylation is 2. The molecule has 4 rings (SSSR count). The molecule has 3 amide bonds. The number of para-hydroxylation sites is 1. The molecule has 0 aliphatic heterocycles. The average Bonchev–Trinajstić information content (AvgIpc) is 3.01. The normalized spacial score (nSPS) is 11.0. The zero-order chi connectivity index (χ0) is 29.9. The van der Waals surface area contributed by atoms with Crippen LogP contribution in [0.1, 0.15) is 34.0 Å². The Kier molecular flexibility index (Phi) is 10.6. The van der Waals surface area contributed by atoms with Crippen LogP contribution < -0.4 is 20.7 Å². The molecular weight excluding hydrogens is 546 g/mol. The summed E-state index contributed by atoms with van der Waals surface area (Å²) < 4.78 is 5.22. The number of carbonyl (C=O) groups is 3. The predicted molar refractivity (Wildman–Crippen MR) is 170 cm³/mol. The highest BCUT2D eigenvalue weighted by Gasteiger charge is 2.16. The van der Waals surface area contributed by atoms with Crippen LogP contribution >= 0.6 is 11.8 Å². The van der Waals surface area contributed by atoms with Crippen molar-refractivity contribution in [2.75, 3.05) is 23.5 Å². The first-order valence-electron chi connectivity index (χ1n) is 13.5. The molecule has 0 saturated heterocycles. The fourth-order valence-electron chi connectivity index (χ4n) is 4.20. The van der Waals surface area contributed by atoms with E-state index in [1.165, 1.54) is 11.8 Å². The summed E-state index contributed by atoms with van der Waals surface area (Å²) in [4.78, 5) is 39.8. The molecule has 0 fully saturated rings. The number of rotatable bonds is 11. The Morgan fingerprint density at radius 1 is 0.857 bits per heavy atom. The molecule has 0 aliphatic rings. The molecule has 0 saturated carbocycles. The van der Waals surface area contributed by atoms with E-state index in [-0.39, 0.29) is 17.4 Å². The van der Waals surface area contributed by atoms with Crippen LogP contribution in [0, 0.1) is 6.92 Å². The van der Waals surface area contributed by atoms with Gasteiger partial charge in [-0.15, -0.1) is 11.8 Å². The molecule has 3 N–H and O–H groups in total. The second kappa shape index (κ2) is 14.7. The molecule has 214 valence electrons. The minimum atomic E-state index is -0.485. The van der Waals surface area contributed by atoms with Gasteiger partial charge in [-0.3, -0.25) is 14.4 Å². The van der Waals surface area contributed by atoms with Gasteiger partial charge in [-0.05, 0) is 78.6 Å². The Labute approximate surface area is 250 Å². The third kappa shape index (κ3) is 8.34. The molecule has 4 aromatic carbocycles. The van der Waals surface area contributed by atoms with E-state index in [1.54, 1.807) is 73.8 Å². The Morgan fingerprint density at radius 3 is 2.31 bits per heavy atom. The highest BCUT2D eigenvalue weighted by Crippen LogP contribution is 2.25. The lowest BCUT2D eigenvalue weighted by atomic mass is 10.1. The summed E-state index contributed by atoms with van der Waals surface area (Å²) in [6.45, 7) is 4.04. The van der Waals surface area contributed by atoms with Crippen molar-refractivity contribution < 1.29 is 19.1 Å². The second-order valence-electron chi connectivity index (χ2n) is 9.43. The van der Waals surface area contributed by atoms with E-state index in [2.05, 4.69) is 22.9 Å². The molecule has 8 heteroatoms. The third-order valence-electron chi connectivity index (χ3n) is 6.42. The Balaban J connectivity index is 1.46. The SMILES string of the molecule is CCc1cccc(C)c1NC(=O)CSc1cccc(NC(=O)/C(=C\c2ccc(OC)cc2)NC(=O)c2ccccc2)c1. The Morgan fingerprint density at radius 2 is 1.60 bits per heavy atom. The van der Waals surface area contributed by atoms with E-state index >= 15 is 0 Å². The van der Waals surface area contributed by atoms with E-state index in [0.717, 1.165) is 28.1 Å². The van der Waals surface area contributed by atoms with Crippen LogP contribution in [0.25, 0.3) is 6.08 Å². The van der Waals surface area contributed by atoms with Gasteiger partial charge in [-0.2, -0.15) is 0 Å². The minimum absolute atomic E-state index is 0.0800. The van der Waals surface area contributed by atoms with Crippen LogP contribution in [0.3, 0.4) is 0 Å². The second-order valence-corrected chi connectivity index (χ2v) is 10.5. The zero-order valence-corrected chi connectivity index (χ0v) is 24.6. The largest absolute Gasteiger partial charge is 0.497 e. The number of benzene rings is 4. The number of hydrogen-bond donors (Lipinski definition) is 3. The van der Waals surface area contributed by atoms with Gasteiger partial charge in [0.15, 0.2) is 0 Å². The molecule has 0 heterocycles. The van der Waals surface area contributed by atoms with E-state index in [1.807, 2.05) is 43.3 Å². The van der Waals surface area contributed by atoms with Crippen LogP contribution in [0.2, 0.25) is 0 Å².